The van der Waals surface area contributed by atoms with Gasteiger partial charge in [0, 0.05) is 61.7 Å². The van der Waals surface area contributed by atoms with Crippen molar-refractivity contribution >= 4 is 15.9 Å². The van der Waals surface area contributed by atoms with Gasteiger partial charge in [-0.1, -0.05) is 0 Å². The second kappa shape index (κ2) is 5.87. The monoisotopic (exact) mass is 324 g/mol. The first kappa shape index (κ1) is 13.5. The van der Waals surface area contributed by atoms with E-state index in [4.69, 9.17) is 0 Å². The highest BCUT2D eigenvalue weighted by molar-refractivity contribution is 9.10. The van der Waals surface area contributed by atoms with Crippen LogP contribution in [0.1, 0.15) is 5.56 Å². The molecule has 1 N–H and O–H groups in total. The summed E-state index contributed by atoms with van der Waals surface area (Å²) in [5.41, 5.74) is 1.30. The smallest absolute Gasteiger partial charge is 0.0410 e. The average Bonchev–Trinajstić information content (AvgIpc) is 2.46. The quantitative estimate of drug-likeness (QED) is 0.894. The van der Waals surface area contributed by atoms with Crippen molar-refractivity contribution in [3.05, 3.63) is 28.5 Å². The van der Waals surface area contributed by atoms with Gasteiger partial charge >= 0.3 is 0 Å². The molecular formula is C14H21BrN4. The molecule has 0 amide bonds. The first-order valence-corrected chi connectivity index (χ1v) is 7.78. The SMILES string of the molecule is CNC(Cc1cncc(Br)c1)C1CN2CCN1CC2. The fraction of sp³-hybridized carbons (Fsp3) is 0.643. The molecule has 1 aromatic rings. The summed E-state index contributed by atoms with van der Waals surface area (Å²) in [4.78, 5) is 9.50. The van der Waals surface area contributed by atoms with Gasteiger partial charge in [0.2, 0.25) is 0 Å². The Balaban J connectivity index is 1.70. The third-order valence-corrected chi connectivity index (χ3v) is 4.81. The minimum absolute atomic E-state index is 0.499. The van der Waals surface area contributed by atoms with E-state index >= 15 is 0 Å². The van der Waals surface area contributed by atoms with Crippen molar-refractivity contribution in [2.45, 2.75) is 18.5 Å². The van der Waals surface area contributed by atoms with Crippen LogP contribution in [0, 0.1) is 0 Å². The third-order valence-electron chi connectivity index (χ3n) is 4.37. The second-order valence-electron chi connectivity index (χ2n) is 5.51. The van der Waals surface area contributed by atoms with Crippen molar-refractivity contribution in [1.29, 1.82) is 0 Å². The van der Waals surface area contributed by atoms with Crippen LogP contribution in [0.4, 0.5) is 0 Å². The van der Waals surface area contributed by atoms with Gasteiger partial charge < -0.3 is 5.32 Å². The van der Waals surface area contributed by atoms with E-state index in [0.29, 0.717) is 12.1 Å². The zero-order valence-corrected chi connectivity index (χ0v) is 12.9. The van der Waals surface area contributed by atoms with Crippen molar-refractivity contribution in [2.75, 3.05) is 39.8 Å². The van der Waals surface area contributed by atoms with Crippen LogP contribution in [-0.4, -0.2) is 66.6 Å². The van der Waals surface area contributed by atoms with Gasteiger partial charge in [-0.3, -0.25) is 14.8 Å². The number of nitrogens with one attached hydrogen (secondary N) is 1. The van der Waals surface area contributed by atoms with Gasteiger partial charge in [0.1, 0.15) is 0 Å². The van der Waals surface area contributed by atoms with Crippen molar-refractivity contribution < 1.29 is 0 Å². The predicted molar refractivity (Wildman–Crippen MR) is 80.3 cm³/mol. The molecule has 2 bridgehead atoms. The Morgan fingerprint density at radius 1 is 1.37 bits per heavy atom. The average molecular weight is 325 g/mol. The number of halogens is 1. The second-order valence-corrected chi connectivity index (χ2v) is 6.43. The molecular weight excluding hydrogens is 304 g/mol. The van der Waals surface area contributed by atoms with Gasteiger partial charge in [-0.05, 0) is 41.0 Å². The first-order valence-electron chi connectivity index (χ1n) is 6.99. The molecule has 0 saturated carbocycles. The standard InChI is InChI=1S/C14H21BrN4/c1-16-13(7-11-6-12(15)9-17-8-11)14-10-18-2-4-19(14)5-3-18/h6,8-9,13-14,16H,2-5,7,10H2,1H3. The molecule has 5 heteroatoms. The van der Waals surface area contributed by atoms with Crippen molar-refractivity contribution in [3.8, 4) is 0 Å². The Hall–Kier alpha value is -0.490. The minimum atomic E-state index is 0.499. The van der Waals surface area contributed by atoms with Crippen molar-refractivity contribution in [3.63, 3.8) is 0 Å². The number of hydrogen-bond donors (Lipinski definition) is 1. The molecule has 19 heavy (non-hydrogen) atoms. The lowest BCUT2D eigenvalue weighted by Gasteiger charge is -2.50. The van der Waals surface area contributed by atoms with Crippen LogP contribution in [0.3, 0.4) is 0 Å². The van der Waals surface area contributed by atoms with E-state index < -0.39 is 0 Å². The summed E-state index contributed by atoms with van der Waals surface area (Å²) >= 11 is 3.50. The number of likely N-dealkylation sites (N-methyl/N-ethyl adjacent to an activating group) is 1. The number of pyridine rings is 1. The topological polar surface area (TPSA) is 31.4 Å². The molecule has 0 radical (unpaired) electrons. The van der Waals surface area contributed by atoms with Crippen LogP contribution in [0.2, 0.25) is 0 Å². The van der Waals surface area contributed by atoms with Crippen LogP contribution in [0.15, 0.2) is 22.9 Å². The van der Waals surface area contributed by atoms with Gasteiger partial charge in [0.25, 0.3) is 0 Å². The highest BCUT2D eigenvalue weighted by atomic mass is 79.9. The molecule has 2 unspecified atom stereocenters. The number of nitrogens with zero attached hydrogens (tertiary/aromatic N) is 3. The van der Waals surface area contributed by atoms with Crippen molar-refractivity contribution in [1.82, 2.24) is 20.1 Å². The van der Waals surface area contributed by atoms with E-state index in [2.05, 4.69) is 49.1 Å². The Kier molecular flexibility index (Phi) is 4.17. The summed E-state index contributed by atoms with van der Waals surface area (Å²) in [6, 6.07) is 3.30. The molecule has 0 aromatic carbocycles. The molecule has 0 aliphatic carbocycles. The van der Waals surface area contributed by atoms with Gasteiger partial charge in [-0.15, -0.1) is 0 Å². The summed E-state index contributed by atoms with van der Waals surface area (Å²) in [5.74, 6) is 0. The van der Waals surface area contributed by atoms with Gasteiger partial charge in [0.15, 0.2) is 0 Å². The van der Waals surface area contributed by atoms with Crippen molar-refractivity contribution in [2.24, 2.45) is 0 Å². The van der Waals surface area contributed by atoms with Gasteiger partial charge in [0.05, 0.1) is 0 Å². The normalized spacial score (nSPS) is 31.4. The number of fused-ring (bicyclic) bond motifs is 3. The Morgan fingerprint density at radius 2 is 2.16 bits per heavy atom. The lowest BCUT2D eigenvalue weighted by atomic mass is 9.95. The van der Waals surface area contributed by atoms with E-state index in [1.54, 1.807) is 0 Å². The molecule has 1 aromatic heterocycles. The Bertz CT molecular complexity index is 431. The molecule has 3 saturated heterocycles. The number of aromatic nitrogens is 1. The highest BCUT2D eigenvalue weighted by Crippen LogP contribution is 2.21. The summed E-state index contributed by atoms with van der Waals surface area (Å²) in [7, 11) is 2.08. The summed E-state index contributed by atoms with van der Waals surface area (Å²) in [6.07, 6.45) is 4.86. The van der Waals surface area contributed by atoms with E-state index in [-0.39, 0.29) is 0 Å². The first-order chi connectivity index (χ1) is 9.26. The maximum absolute atomic E-state index is 4.27. The molecule has 3 aliphatic rings. The van der Waals surface area contributed by atoms with E-state index in [0.717, 1.165) is 10.9 Å². The molecule has 3 aliphatic heterocycles. The molecule has 4 rings (SSSR count). The number of hydrogen-bond acceptors (Lipinski definition) is 4. The highest BCUT2D eigenvalue weighted by Gasteiger charge is 2.36. The molecule has 104 valence electrons. The maximum atomic E-state index is 4.27. The van der Waals surface area contributed by atoms with Crippen LogP contribution in [-0.2, 0) is 6.42 Å². The molecule has 4 nitrogen and oxygen atoms in total. The largest absolute Gasteiger partial charge is 0.315 e. The molecule has 0 spiro atoms. The Labute approximate surface area is 123 Å². The minimum Gasteiger partial charge on any atom is -0.315 e. The van der Waals surface area contributed by atoms with E-state index in [9.17, 15) is 0 Å². The number of rotatable bonds is 4. The van der Waals surface area contributed by atoms with E-state index in [1.807, 2.05) is 12.4 Å². The summed E-state index contributed by atoms with van der Waals surface area (Å²) < 4.78 is 1.06. The van der Waals surface area contributed by atoms with E-state index in [1.165, 1.54) is 38.3 Å². The molecule has 4 heterocycles. The molecule has 2 atom stereocenters. The van der Waals surface area contributed by atoms with Crippen LogP contribution in [0.25, 0.3) is 0 Å². The third kappa shape index (κ3) is 2.99. The van der Waals surface area contributed by atoms with Gasteiger partial charge in [-0.25, -0.2) is 0 Å². The lowest BCUT2D eigenvalue weighted by molar-refractivity contribution is -0.00203. The summed E-state index contributed by atoms with van der Waals surface area (Å²) in [5, 5.41) is 3.51. The Morgan fingerprint density at radius 3 is 2.74 bits per heavy atom. The zero-order valence-electron chi connectivity index (χ0n) is 11.3. The van der Waals surface area contributed by atoms with Crippen LogP contribution in [0.5, 0.6) is 0 Å². The number of piperazine rings is 3. The van der Waals surface area contributed by atoms with Crippen LogP contribution < -0.4 is 5.32 Å². The fourth-order valence-electron chi connectivity index (χ4n) is 3.29. The summed E-state index contributed by atoms with van der Waals surface area (Å²) in [6.45, 7) is 6.13. The van der Waals surface area contributed by atoms with Crippen LogP contribution >= 0.6 is 15.9 Å². The lowest BCUT2D eigenvalue weighted by Crippen LogP contribution is -2.66. The molecule has 3 fully saturated rings. The fourth-order valence-corrected chi connectivity index (χ4v) is 3.70. The maximum Gasteiger partial charge on any atom is 0.0410 e. The predicted octanol–water partition coefficient (Wildman–Crippen LogP) is 0.974. The van der Waals surface area contributed by atoms with Gasteiger partial charge in [-0.2, -0.15) is 0 Å². The zero-order chi connectivity index (χ0) is 13.2.